The number of hydrogen-bond donors (Lipinski definition) is 0. The fourth-order valence-corrected chi connectivity index (χ4v) is 1.86. The van der Waals surface area contributed by atoms with Crippen molar-refractivity contribution < 1.29 is 18.7 Å². The molecule has 0 aliphatic carbocycles. The van der Waals surface area contributed by atoms with Crippen molar-refractivity contribution in [3.05, 3.63) is 46.3 Å². The van der Waals surface area contributed by atoms with E-state index >= 15 is 0 Å². The molecular weight excluding hydrogens is 274 g/mol. The molecule has 0 aliphatic rings. The highest BCUT2D eigenvalue weighted by Gasteiger charge is 2.17. The van der Waals surface area contributed by atoms with E-state index in [1.807, 2.05) is 0 Å². The zero-order valence-electron chi connectivity index (χ0n) is 11.8. The van der Waals surface area contributed by atoms with Crippen LogP contribution in [0, 0.1) is 0 Å². The summed E-state index contributed by atoms with van der Waals surface area (Å²) in [5.74, 6) is -0.914. The van der Waals surface area contributed by atoms with Crippen LogP contribution in [0.4, 0.5) is 0 Å². The third-order valence-electron chi connectivity index (χ3n) is 3.07. The summed E-state index contributed by atoms with van der Waals surface area (Å²) in [5, 5.41) is 0.422. The van der Waals surface area contributed by atoms with Crippen LogP contribution in [0.5, 0.6) is 0 Å². The monoisotopic (exact) mass is 289 g/mol. The van der Waals surface area contributed by atoms with E-state index in [1.54, 1.807) is 24.3 Å². The Morgan fingerprint density at radius 2 is 2.00 bits per heavy atom. The summed E-state index contributed by atoms with van der Waals surface area (Å²) < 4.78 is 9.96. The molecule has 0 N–H and O–H groups in total. The van der Waals surface area contributed by atoms with Gasteiger partial charge in [-0.2, -0.15) is 0 Å². The van der Waals surface area contributed by atoms with E-state index in [4.69, 9.17) is 4.42 Å². The Balaban J connectivity index is 2.23. The molecule has 1 aromatic heterocycles. The second kappa shape index (κ2) is 6.21. The zero-order chi connectivity index (χ0) is 15.4. The first-order valence-electron chi connectivity index (χ1n) is 6.38. The number of carbonyl (C=O) groups is 2. The number of hydrogen-bond acceptors (Lipinski definition) is 5. The van der Waals surface area contributed by atoms with Gasteiger partial charge in [-0.15, -0.1) is 0 Å². The average molecular weight is 289 g/mol. The molecule has 0 saturated carbocycles. The minimum absolute atomic E-state index is 0.0499. The Bertz CT molecular complexity index is 734. The van der Waals surface area contributed by atoms with Gasteiger partial charge < -0.3 is 14.1 Å². The maximum Gasteiger partial charge on any atom is 0.307 e. The van der Waals surface area contributed by atoms with Crippen LogP contribution in [0.15, 0.2) is 39.5 Å². The van der Waals surface area contributed by atoms with Crippen molar-refractivity contribution >= 4 is 22.8 Å². The normalized spacial score (nSPS) is 10.4. The van der Waals surface area contributed by atoms with E-state index < -0.39 is 11.9 Å². The van der Waals surface area contributed by atoms with Crippen molar-refractivity contribution in [2.24, 2.45) is 0 Å². The maximum atomic E-state index is 12.2. The first-order valence-corrected chi connectivity index (χ1v) is 6.38. The van der Waals surface area contributed by atoms with Gasteiger partial charge in [0.25, 0.3) is 5.91 Å². The van der Waals surface area contributed by atoms with Crippen molar-refractivity contribution in [2.45, 2.75) is 6.42 Å². The highest BCUT2D eigenvalue weighted by molar-refractivity contribution is 5.93. The fourth-order valence-electron chi connectivity index (χ4n) is 1.86. The van der Waals surface area contributed by atoms with Gasteiger partial charge in [-0.1, -0.05) is 12.1 Å². The number of esters is 1. The molecule has 0 spiro atoms. The Hall–Kier alpha value is -2.63. The van der Waals surface area contributed by atoms with Crippen LogP contribution in [0.3, 0.4) is 0 Å². The number of para-hydroxylation sites is 1. The van der Waals surface area contributed by atoms with E-state index in [-0.39, 0.29) is 24.2 Å². The van der Waals surface area contributed by atoms with Crippen LogP contribution in [-0.2, 0) is 9.53 Å². The smallest absolute Gasteiger partial charge is 0.307 e. The number of nitrogens with zero attached hydrogens (tertiary/aromatic N) is 1. The van der Waals surface area contributed by atoms with Gasteiger partial charge in [-0.3, -0.25) is 14.4 Å². The highest BCUT2D eigenvalue weighted by atomic mass is 16.5. The molecule has 21 heavy (non-hydrogen) atoms. The summed E-state index contributed by atoms with van der Waals surface area (Å²) in [6.45, 7) is 0.183. The summed E-state index contributed by atoms with van der Waals surface area (Å²) in [6.07, 6.45) is 0.0799. The molecule has 1 aromatic carbocycles. The lowest BCUT2D eigenvalue weighted by atomic mass is 10.2. The quantitative estimate of drug-likeness (QED) is 0.796. The van der Waals surface area contributed by atoms with Crippen molar-refractivity contribution in [3.63, 3.8) is 0 Å². The first kappa shape index (κ1) is 14.8. The summed E-state index contributed by atoms with van der Waals surface area (Å²) in [4.78, 5) is 36.5. The third kappa shape index (κ3) is 3.28. The van der Waals surface area contributed by atoms with E-state index in [2.05, 4.69) is 4.74 Å². The zero-order valence-corrected chi connectivity index (χ0v) is 11.8. The number of amides is 1. The maximum absolute atomic E-state index is 12.2. The predicted molar refractivity (Wildman–Crippen MR) is 76.1 cm³/mol. The minimum atomic E-state index is -0.457. The molecule has 2 aromatic rings. The van der Waals surface area contributed by atoms with Gasteiger partial charge in [-0.25, -0.2) is 0 Å². The molecular formula is C15H15NO5. The van der Waals surface area contributed by atoms with Crippen molar-refractivity contribution in [3.8, 4) is 0 Å². The molecule has 6 heteroatoms. The molecule has 0 fully saturated rings. The summed E-state index contributed by atoms with van der Waals surface area (Å²) in [7, 11) is 2.81. The van der Waals surface area contributed by atoms with Gasteiger partial charge in [0.2, 0.25) is 0 Å². The van der Waals surface area contributed by atoms with Gasteiger partial charge in [0.1, 0.15) is 5.58 Å². The summed E-state index contributed by atoms with van der Waals surface area (Å²) in [5.41, 5.74) is 0.0799. The van der Waals surface area contributed by atoms with Gasteiger partial charge in [0.05, 0.1) is 18.9 Å². The van der Waals surface area contributed by atoms with Crippen molar-refractivity contribution in [1.82, 2.24) is 4.90 Å². The molecule has 0 bridgehead atoms. The molecule has 1 amide bonds. The average Bonchev–Trinajstić information content (AvgIpc) is 2.51. The summed E-state index contributed by atoms with van der Waals surface area (Å²) in [6, 6.07) is 7.88. The molecule has 2 rings (SSSR count). The van der Waals surface area contributed by atoms with E-state index in [0.717, 1.165) is 0 Å². The van der Waals surface area contributed by atoms with Gasteiger partial charge in [0, 0.05) is 19.7 Å². The second-order valence-electron chi connectivity index (χ2n) is 4.52. The van der Waals surface area contributed by atoms with Crippen LogP contribution < -0.4 is 5.43 Å². The topological polar surface area (TPSA) is 76.8 Å². The highest BCUT2D eigenvalue weighted by Crippen LogP contribution is 2.13. The van der Waals surface area contributed by atoms with Gasteiger partial charge >= 0.3 is 5.97 Å². The molecule has 0 unspecified atom stereocenters. The number of methoxy groups -OCH3 is 1. The first-order chi connectivity index (χ1) is 10.0. The van der Waals surface area contributed by atoms with Gasteiger partial charge in [0.15, 0.2) is 11.2 Å². The number of ether oxygens (including phenoxy) is 1. The van der Waals surface area contributed by atoms with Crippen LogP contribution in [0.1, 0.15) is 17.0 Å². The van der Waals surface area contributed by atoms with Crippen molar-refractivity contribution in [1.29, 1.82) is 0 Å². The van der Waals surface area contributed by atoms with E-state index in [0.29, 0.717) is 11.0 Å². The molecule has 0 saturated heterocycles. The molecule has 0 atom stereocenters. The van der Waals surface area contributed by atoms with Crippen LogP contribution >= 0.6 is 0 Å². The molecule has 6 nitrogen and oxygen atoms in total. The largest absolute Gasteiger partial charge is 0.469 e. The summed E-state index contributed by atoms with van der Waals surface area (Å²) >= 11 is 0. The number of carbonyl (C=O) groups excluding carboxylic acids is 2. The van der Waals surface area contributed by atoms with E-state index in [9.17, 15) is 14.4 Å². The van der Waals surface area contributed by atoms with E-state index in [1.165, 1.54) is 25.1 Å². The molecule has 0 aliphatic heterocycles. The Morgan fingerprint density at radius 1 is 1.29 bits per heavy atom. The standard InChI is InChI=1S/C15H15NO5/c1-16(8-7-14(18)20-2)15(19)13-9-11(17)10-5-3-4-6-12(10)21-13/h3-6,9H,7-8H2,1-2H3. The molecule has 0 radical (unpaired) electrons. The molecule has 1 heterocycles. The minimum Gasteiger partial charge on any atom is -0.469 e. The predicted octanol–water partition coefficient (Wildman–Crippen LogP) is 1.43. The lowest BCUT2D eigenvalue weighted by Crippen LogP contribution is -2.29. The third-order valence-corrected chi connectivity index (χ3v) is 3.07. The Kier molecular flexibility index (Phi) is 4.37. The van der Waals surface area contributed by atoms with Crippen LogP contribution in [0.2, 0.25) is 0 Å². The van der Waals surface area contributed by atoms with Crippen LogP contribution in [0.25, 0.3) is 11.0 Å². The van der Waals surface area contributed by atoms with Crippen molar-refractivity contribution in [2.75, 3.05) is 20.7 Å². The lowest BCUT2D eigenvalue weighted by molar-refractivity contribution is -0.140. The number of rotatable bonds is 4. The molecule has 110 valence electrons. The lowest BCUT2D eigenvalue weighted by Gasteiger charge is -2.15. The Morgan fingerprint density at radius 3 is 2.71 bits per heavy atom. The Labute approximate surface area is 120 Å². The van der Waals surface area contributed by atoms with Crippen LogP contribution in [-0.4, -0.2) is 37.5 Å². The van der Waals surface area contributed by atoms with Gasteiger partial charge in [-0.05, 0) is 12.1 Å². The second-order valence-corrected chi connectivity index (χ2v) is 4.52. The SMILES string of the molecule is COC(=O)CCN(C)C(=O)c1cc(=O)c2ccccc2o1. The number of benzene rings is 1. The fraction of sp³-hybridized carbons (Fsp3) is 0.267. The number of fused-ring (bicyclic) bond motifs is 1.